The summed E-state index contributed by atoms with van der Waals surface area (Å²) in [7, 11) is 0. The van der Waals surface area contributed by atoms with E-state index in [1.165, 1.54) is 6.07 Å². The van der Waals surface area contributed by atoms with Crippen LogP contribution in [-0.2, 0) is 4.79 Å². The Morgan fingerprint density at radius 1 is 1.61 bits per heavy atom. The van der Waals surface area contributed by atoms with Crippen molar-refractivity contribution in [2.24, 2.45) is 5.11 Å². The fourth-order valence-electron chi connectivity index (χ4n) is 1.06. The predicted molar refractivity (Wildman–Crippen MR) is 65.5 cm³/mol. The van der Waals surface area contributed by atoms with E-state index in [2.05, 4.69) is 21.9 Å². The average Bonchev–Trinajstić information content (AvgIpc) is 2.34. The summed E-state index contributed by atoms with van der Waals surface area (Å²) in [6.45, 7) is -0.455. The Labute approximate surface area is 108 Å². The Balaban J connectivity index is 2.90. The Bertz CT molecular complexity index is 556. The van der Waals surface area contributed by atoms with E-state index in [0.717, 1.165) is 0 Å². The summed E-state index contributed by atoms with van der Waals surface area (Å²) >= 11 is 5.77. The minimum Gasteiger partial charge on any atom is -0.481 e. The van der Waals surface area contributed by atoms with Gasteiger partial charge in [-0.15, -0.1) is 0 Å². The summed E-state index contributed by atoms with van der Waals surface area (Å²) in [4.78, 5) is 13.0. The molecule has 0 aliphatic heterocycles. The number of azide groups is 1. The third kappa shape index (κ3) is 4.66. The third-order valence-electron chi connectivity index (χ3n) is 1.73. The lowest BCUT2D eigenvalue weighted by Crippen LogP contribution is -2.10. The van der Waals surface area contributed by atoms with E-state index in [0.29, 0.717) is 10.6 Å². The lowest BCUT2D eigenvalue weighted by Gasteiger charge is -2.06. The normalized spacial score (nSPS) is 8.72. The largest absolute Gasteiger partial charge is 0.481 e. The van der Waals surface area contributed by atoms with E-state index in [9.17, 15) is 4.79 Å². The maximum atomic E-state index is 10.4. The van der Waals surface area contributed by atoms with Gasteiger partial charge in [0.1, 0.15) is 5.75 Å². The molecule has 1 aromatic rings. The maximum Gasteiger partial charge on any atom is 0.341 e. The van der Waals surface area contributed by atoms with Crippen LogP contribution in [0.15, 0.2) is 23.3 Å². The molecule has 0 amide bonds. The van der Waals surface area contributed by atoms with Gasteiger partial charge in [-0.2, -0.15) is 0 Å². The number of hydrogen-bond acceptors (Lipinski definition) is 3. The zero-order chi connectivity index (χ0) is 13.4. The van der Waals surface area contributed by atoms with Gasteiger partial charge in [-0.1, -0.05) is 28.6 Å². The SMILES string of the molecule is [N-]=[N+]=NCC#Cc1ccc(Cl)cc1OCC(=O)O. The second-order valence-corrected chi connectivity index (χ2v) is 3.45. The van der Waals surface area contributed by atoms with Crippen LogP contribution in [0, 0.1) is 11.8 Å². The average molecular weight is 266 g/mol. The molecule has 0 fully saturated rings. The van der Waals surface area contributed by atoms with Gasteiger partial charge in [0.25, 0.3) is 0 Å². The fraction of sp³-hybridized carbons (Fsp3) is 0.182. The molecule has 7 heteroatoms. The zero-order valence-corrected chi connectivity index (χ0v) is 9.89. The summed E-state index contributed by atoms with van der Waals surface area (Å²) in [5.74, 6) is 4.50. The number of benzene rings is 1. The third-order valence-corrected chi connectivity index (χ3v) is 1.97. The number of carboxylic acid groups (broad SMARTS) is 1. The van der Waals surface area contributed by atoms with E-state index in [4.69, 9.17) is 27.0 Å². The summed E-state index contributed by atoms with van der Waals surface area (Å²) in [5, 5.41) is 12.2. The van der Waals surface area contributed by atoms with Crippen molar-refractivity contribution in [2.75, 3.05) is 13.2 Å². The first kappa shape index (κ1) is 13.7. The first-order valence-electron chi connectivity index (χ1n) is 4.77. The molecule has 0 unspecified atom stereocenters. The molecule has 1 aromatic carbocycles. The van der Waals surface area contributed by atoms with Gasteiger partial charge in [0, 0.05) is 16.0 Å². The van der Waals surface area contributed by atoms with Gasteiger partial charge >= 0.3 is 5.97 Å². The Kier molecular flexibility index (Phi) is 5.39. The highest BCUT2D eigenvalue weighted by molar-refractivity contribution is 6.30. The second kappa shape index (κ2) is 7.07. The van der Waals surface area contributed by atoms with Crippen molar-refractivity contribution in [1.29, 1.82) is 0 Å². The molecule has 18 heavy (non-hydrogen) atoms. The summed E-state index contributed by atoms with van der Waals surface area (Å²) in [6.07, 6.45) is 0. The minimum absolute atomic E-state index is 0.0253. The molecule has 1 rings (SSSR count). The van der Waals surface area contributed by atoms with Crippen molar-refractivity contribution in [1.82, 2.24) is 0 Å². The molecule has 92 valence electrons. The number of aliphatic carboxylic acids is 1. The van der Waals surface area contributed by atoms with E-state index in [1.54, 1.807) is 12.1 Å². The molecule has 0 saturated heterocycles. The molecule has 6 nitrogen and oxygen atoms in total. The van der Waals surface area contributed by atoms with Crippen molar-refractivity contribution in [2.45, 2.75) is 0 Å². The van der Waals surface area contributed by atoms with E-state index in [1.807, 2.05) is 0 Å². The van der Waals surface area contributed by atoms with Crippen molar-refractivity contribution in [3.8, 4) is 17.6 Å². The standard InChI is InChI=1S/C11H8ClN3O3/c12-9-4-3-8(2-1-5-14-15-13)10(6-9)18-7-11(16)17/h3-4,6H,5,7H2,(H,16,17). The van der Waals surface area contributed by atoms with Crippen LogP contribution >= 0.6 is 11.6 Å². The minimum atomic E-state index is -1.09. The van der Waals surface area contributed by atoms with Crippen molar-refractivity contribution in [3.05, 3.63) is 39.2 Å². The topological polar surface area (TPSA) is 95.3 Å². The first-order valence-corrected chi connectivity index (χ1v) is 5.15. The molecule has 0 heterocycles. The van der Waals surface area contributed by atoms with Crippen LogP contribution in [0.3, 0.4) is 0 Å². The number of hydrogen-bond donors (Lipinski definition) is 1. The number of ether oxygens (including phenoxy) is 1. The van der Waals surface area contributed by atoms with Crippen molar-refractivity contribution < 1.29 is 14.6 Å². The van der Waals surface area contributed by atoms with Crippen molar-refractivity contribution >= 4 is 17.6 Å². The molecule has 0 radical (unpaired) electrons. The smallest absolute Gasteiger partial charge is 0.341 e. The summed E-state index contributed by atoms with van der Waals surface area (Å²) in [5.41, 5.74) is 8.56. The highest BCUT2D eigenvalue weighted by atomic mass is 35.5. The molecule has 1 N–H and O–H groups in total. The molecule has 0 aliphatic rings. The predicted octanol–water partition coefficient (Wildman–Crippen LogP) is 2.47. The molecule has 0 atom stereocenters. The monoisotopic (exact) mass is 265 g/mol. The molecule has 0 saturated carbocycles. The second-order valence-electron chi connectivity index (χ2n) is 3.01. The maximum absolute atomic E-state index is 10.4. The number of nitrogens with zero attached hydrogens (tertiary/aromatic N) is 3. The van der Waals surface area contributed by atoms with Gasteiger partial charge in [0.15, 0.2) is 6.61 Å². The summed E-state index contributed by atoms with van der Waals surface area (Å²) in [6, 6.07) is 4.68. The van der Waals surface area contributed by atoms with Crippen LogP contribution in [0.1, 0.15) is 5.56 Å². The summed E-state index contributed by atoms with van der Waals surface area (Å²) < 4.78 is 5.05. The van der Waals surface area contributed by atoms with Gasteiger partial charge in [-0.3, -0.25) is 0 Å². The van der Waals surface area contributed by atoms with Crippen LogP contribution in [0.2, 0.25) is 5.02 Å². The highest BCUT2D eigenvalue weighted by Crippen LogP contribution is 2.22. The molecule has 0 aliphatic carbocycles. The lowest BCUT2D eigenvalue weighted by atomic mass is 10.2. The molecule has 0 aromatic heterocycles. The zero-order valence-electron chi connectivity index (χ0n) is 9.13. The van der Waals surface area contributed by atoms with Crippen LogP contribution in [0.4, 0.5) is 0 Å². The van der Waals surface area contributed by atoms with Gasteiger partial charge in [0.2, 0.25) is 0 Å². The van der Waals surface area contributed by atoms with Crippen LogP contribution in [-0.4, -0.2) is 24.2 Å². The van der Waals surface area contributed by atoms with Gasteiger partial charge < -0.3 is 9.84 Å². The quantitative estimate of drug-likeness (QED) is 0.392. The Morgan fingerprint density at radius 2 is 2.39 bits per heavy atom. The Morgan fingerprint density at radius 3 is 3.06 bits per heavy atom. The number of rotatable bonds is 4. The number of carboxylic acids is 1. The van der Waals surface area contributed by atoms with Gasteiger partial charge in [-0.25, -0.2) is 4.79 Å². The van der Waals surface area contributed by atoms with Crippen molar-refractivity contribution in [3.63, 3.8) is 0 Å². The van der Waals surface area contributed by atoms with E-state index >= 15 is 0 Å². The van der Waals surface area contributed by atoms with E-state index < -0.39 is 12.6 Å². The molecule has 0 spiro atoms. The fourth-order valence-corrected chi connectivity index (χ4v) is 1.22. The van der Waals surface area contributed by atoms with Gasteiger partial charge in [-0.05, 0) is 17.7 Å². The van der Waals surface area contributed by atoms with Crippen LogP contribution < -0.4 is 4.74 Å². The van der Waals surface area contributed by atoms with Crippen LogP contribution in [0.5, 0.6) is 5.75 Å². The van der Waals surface area contributed by atoms with Crippen LogP contribution in [0.25, 0.3) is 10.4 Å². The Hall–Kier alpha value is -2.35. The van der Waals surface area contributed by atoms with E-state index in [-0.39, 0.29) is 12.3 Å². The number of carbonyl (C=O) groups is 1. The number of halogens is 1. The van der Waals surface area contributed by atoms with Gasteiger partial charge in [0.05, 0.1) is 12.1 Å². The molecular weight excluding hydrogens is 258 g/mol. The molecular formula is C11H8ClN3O3. The highest BCUT2D eigenvalue weighted by Gasteiger charge is 2.05. The molecule has 0 bridgehead atoms. The first-order chi connectivity index (χ1) is 8.63. The lowest BCUT2D eigenvalue weighted by molar-refractivity contribution is -0.139.